The van der Waals surface area contributed by atoms with Gasteiger partial charge in [-0.1, -0.05) is 0 Å². The number of rotatable bonds is 4. The highest BCUT2D eigenvalue weighted by Gasteiger charge is 2.38. The van der Waals surface area contributed by atoms with E-state index in [1.54, 1.807) is 24.3 Å². The van der Waals surface area contributed by atoms with Crippen LogP contribution in [0.1, 0.15) is 17.9 Å². The maximum absolute atomic E-state index is 14.0. The van der Waals surface area contributed by atoms with Crippen LogP contribution >= 0.6 is 0 Å². The van der Waals surface area contributed by atoms with Gasteiger partial charge < -0.3 is 9.52 Å². The van der Waals surface area contributed by atoms with Crippen LogP contribution in [0.25, 0.3) is 11.5 Å². The van der Waals surface area contributed by atoms with E-state index in [2.05, 4.69) is 10.2 Å². The number of nitrogens with zero attached hydrogens (tertiary/aromatic N) is 4. The summed E-state index contributed by atoms with van der Waals surface area (Å²) in [6.45, 7) is 0.600. The molecule has 1 saturated heterocycles. The summed E-state index contributed by atoms with van der Waals surface area (Å²) in [6, 6.07) is 8.88. The second kappa shape index (κ2) is 5.83. The first-order chi connectivity index (χ1) is 10.6. The largest absolute Gasteiger partial charge is 0.419 e. The molecule has 1 aliphatic rings. The predicted molar refractivity (Wildman–Crippen MR) is 75.3 cm³/mol. The summed E-state index contributed by atoms with van der Waals surface area (Å²) >= 11 is 0. The lowest BCUT2D eigenvalue weighted by Gasteiger charge is -2.16. The van der Waals surface area contributed by atoms with Gasteiger partial charge in [-0.05, 0) is 30.7 Å². The van der Waals surface area contributed by atoms with Gasteiger partial charge in [0.2, 0.25) is 11.8 Å². The van der Waals surface area contributed by atoms with Crippen molar-refractivity contribution in [2.24, 2.45) is 0 Å². The van der Waals surface area contributed by atoms with E-state index in [0.717, 1.165) is 5.56 Å². The summed E-state index contributed by atoms with van der Waals surface area (Å²) < 4.78 is 19.5. The Bertz CT molecular complexity index is 694. The minimum absolute atomic E-state index is 0.165. The van der Waals surface area contributed by atoms with Crippen LogP contribution in [-0.2, 0) is 6.54 Å². The molecule has 1 aromatic heterocycles. The van der Waals surface area contributed by atoms with Crippen molar-refractivity contribution < 1.29 is 13.9 Å². The molecule has 7 heteroatoms. The molecule has 1 aromatic carbocycles. The van der Waals surface area contributed by atoms with Crippen LogP contribution in [0.2, 0.25) is 0 Å². The monoisotopic (exact) mass is 302 g/mol. The van der Waals surface area contributed by atoms with E-state index in [0.29, 0.717) is 36.9 Å². The zero-order valence-electron chi connectivity index (χ0n) is 11.9. The van der Waals surface area contributed by atoms with Gasteiger partial charge in [0, 0.05) is 18.7 Å². The van der Waals surface area contributed by atoms with Crippen LogP contribution in [0.4, 0.5) is 4.39 Å². The predicted octanol–water partition coefficient (Wildman–Crippen LogP) is 1.51. The van der Waals surface area contributed by atoms with Crippen LogP contribution in [0.3, 0.4) is 0 Å². The lowest BCUT2D eigenvalue weighted by atomic mass is 10.1. The van der Waals surface area contributed by atoms with Crippen LogP contribution < -0.4 is 0 Å². The van der Waals surface area contributed by atoms with E-state index in [1.807, 2.05) is 11.0 Å². The fourth-order valence-corrected chi connectivity index (χ4v) is 2.49. The van der Waals surface area contributed by atoms with Crippen molar-refractivity contribution in [1.82, 2.24) is 15.1 Å². The number of benzene rings is 1. The summed E-state index contributed by atoms with van der Waals surface area (Å²) in [7, 11) is 0. The third-order valence-corrected chi connectivity index (χ3v) is 3.75. The van der Waals surface area contributed by atoms with E-state index in [4.69, 9.17) is 14.8 Å². The summed E-state index contributed by atoms with van der Waals surface area (Å²) in [5.41, 5.74) is -0.242. The minimum Gasteiger partial charge on any atom is -0.419 e. The Kier molecular flexibility index (Phi) is 3.88. The number of aliphatic hydroxyl groups excluding tert-OH is 1. The summed E-state index contributed by atoms with van der Waals surface area (Å²) in [5, 5.41) is 25.7. The molecule has 1 unspecified atom stereocenters. The number of aliphatic hydroxyl groups is 1. The lowest BCUT2D eigenvalue weighted by molar-refractivity contribution is 0.0759. The van der Waals surface area contributed by atoms with Gasteiger partial charge in [0.1, 0.15) is 5.67 Å². The van der Waals surface area contributed by atoms with Crippen molar-refractivity contribution in [3.05, 3.63) is 35.7 Å². The maximum atomic E-state index is 14.0. The SMILES string of the molecule is N#Cc1ccc(-c2nnc(CN3CCC(F)(CO)C3)o2)cc1. The molecule has 2 heterocycles. The van der Waals surface area contributed by atoms with Crippen LogP contribution in [0, 0.1) is 11.3 Å². The molecular formula is C15H15FN4O2. The van der Waals surface area contributed by atoms with Crippen molar-refractivity contribution >= 4 is 0 Å². The number of nitriles is 1. The zero-order valence-corrected chi connectivity index (χ0v) is 11.9. The normalized spacial score (nSPS) is 21.9. The van der Waals surface area contributed by atoms with Gasteiger partial charge >= 0.3 is 0 Å². The summed E-state index contributed by atoms with van der Waals surface area (Å²) in [5.74, 6) is 0.772. The number of aromatic nitrogens is 2. The summed E-state index contributed by atoms with van der Waals surface area (Å²) in [6.07, 6.45) is 0.306. The molecule has 0 saturated carbocycles. The standard InChI is InChI=1S/C15H15FN4O2/c16-15(10-21)5-6-20(9-15)8-13-18-19-14(22-13)12-3-1-11(7-17)2-4-12/h1-4,21H,5-6,8-10H2. The second-order valence-corrected chi connectivity index (χ2v) is 5.46. The Balaban J connectivity index is 1.68. The van der Waals surface area contributed by atoms with Crippen LogP contribution in [0.5, 0.6) is 0 Å². The first-order valence-electron chi connectivity index (χ1n) is 6.97. The van der Waals surface area contributed by atoms with E-state index in [-0.39, 0.29) is 6.54 Å². The molecule has 22 heavy (non-hydrogen) atoms. The second-order valence-electron chi connectivity index (χ2n) is 5.46. The van der Waals surface area contributed by atoms with Crippen molar-refractivity contribution in [3.8, 4) is 17.5 Å². The van der Waals surface area contributed by atoms with E-state index in [9.17, 15) is 4.39 Å². The third-order valence-electron chi connectivity index (χ3n) is 3.75. The molecule has 114 valence electrons. The molecule has 0 bridgehead atoms. The van der Waals surface area contributed by atoms with Gasteiger partial charge in [-0.25, -0.2) is 4.39 Å². The molecule has 1 fully saturated rings. The summed E-state index contributed by atoms with van der Waals surface area (Å²) in [4.78, 5) is 1.84. The highest BCUT2D eigenvalue weighted by atomic mass is 19.1. The van der Waals surface area contributed by atoms with Gasteiger partial charge in [-0.3, -0.25) is 4.90 Å². The zero-order chi connectivity index (χ0) is 15.6. The number of halogens is 1. The lowest BCUT2D eigenvalue weighted by Crippen LogP contribution is -2.32. The Hall–Kier alpha value is -2.30. The Morgan fingerprint density at radius 1 is 1.36 bits per heavy atom. The molecule has 2 aromatic rings. The molecule has 1 atom stereocenters. The molecular weight excluding hydrogens is 287 g/mol. The van der Waals surface area contributed by atoms with E-state index < -0.39 is 12.3 Å². The highest BCUT2D eigenvalue weighted by Crippen LogP contribution is 2.26. The minimum atomic E-state index is -1.53. The van der Waals surface area contributed by atoms with Gasteiger partial charge in [-0.15, -0.1) is 10.2 Å². The maximum Gasteiger partial charge on any atom is 0.247 e. The first kappa shape index (κ1) is 14.6. The molecule has 0 radical (unpaired) electrons. The van der Waals surface area contributed by atoms with Crippen LogP contribution in [-0.4, -0.2) is 45.6 Å². The van der Waals surface area contributed by atoms with Gasteiger partial charge in [0.15, 0.2) is 0 Å². The van der Waals surface area contributed by atoms with Crippen LogP contribution in [0.15, 0.2) is 28.7 Å². The average molecular weight is 302 g/mol. The van der Waals surface area contributed by atoms with Crippen molar-refractivity contribution in [3.63, 3.8) is 0 Å². The number of likely N-dealkylation sites (tertiary alicyclic amines) is 1. The Morgan fingerprint density at radius 2 is 2.14 bits per heavy atom. The quantitative estimate of drug-likeness (QED) is 0.921. The fraction of sp³-hybridized carbons (Fsp3) is 0.400. The van der Waals surface area contributed by atoms with Crippen molar-refractivity contribution in [1.29, 1.82) is 5.26 Å². The topological polar surface area (TPSA) is 86.2 Å². The average Bonchev–Trinajstić information content (AvgIpc) is 3.16. The molecule has 6 nitrogen and oxygen atoms in total. The molecule has 1 aliphatic heterocycles. The van der Waals surface area contributed by atoms with E-state index >= 15 is 0 Å². The molecule has 3 rings (SSSR count). The van der Waals surface area contributed by atoms with Gasteiger partial charge in [-0.2, -0.15) is 5.26 Å². The van der Waals surface area contributed by atoms with E-state index in [1.165, 1.54) is 0 Å². The van der Waals surface area contributed by atoms with Crippen molar-refractivity contribution in [2.75, 3.05) is 19.7 Å². The Morgan fingerprint density at radius 3 is 2.77 bits per heavy atom. The first-order valence-corrected chi connectivity index (χ1v) is 6.97. The van der Waals surface area contributed by atoms with Gasteiger partial charge in [0.25, 0.3) is 0 Å². The number of hydrogen-bond donors (Lipinski definition) is 1. The third kappa shape index (κ3) is 2.98. The Labute approximate surface area is 126 Å². The van der Waals surface area contributed by atoms with Gasteiger partial charge in [0.05, 0.1) is 24.8 Å². The fourth-order valence-electron chi connectivity index (χ4n) is 2.49. The smallest absolute Gasteiger partial charge is 0.247 e. The number of alkyl halides is 1. The number of hydrogen-bond acceptors (Lipinski definition) is 6. The molecule has 0 spiro atoms. The molecule has 0 aliphatic carbocycles. The molecule has 1 N–H and O–H groups in total. The highest BCUT2D eigenvalue weighted by molar-refractivity contribution is 5.54. The molecule has 0 amide bonds. The van der Waals surface area contributed by atoms with Crippen molar-refractivity contribution in [2.45, 2.75) is 18.6 Å².